The van der Waals surface area contributed by atoms with Gasteiger partial charge < -0.3 is 53.0 Å². The van der Waals surface area contributed by atoms with Gasteiger partial charge in [0.05, 0.1) is 60.4 Å². The molecule has 0 amide bonds. The van der Waals surface area contributed by atoms with Gasteiger partial charge in [0.2, 0.25) is 0 Å². The highest BCUT2D eigenvalue weighted by molar-refractivity contribution is 5.84. The Morgan fingerprint density at radius 3 is 2.32 bits per heavy atom. The van der Waals surface area contributed by atoms with Crippen LogP contribution in [0.15, 0.2) is 42.6 Å². The zero-order valence-electron chi connectivity index (χ0n) is 39.4. The third-order valence-corrected chi connectivity index (χ3v) is 14.3. The van der Waals surface area contributed by atoms with Crippen LogP contribution in [0.2, 0.25) is 0 Å². The summed E-state index contributed by atoms with van der Waals surface area (Å²) in [5, 5.41) is 23.0. The van der Waals surface area contributed by atoms with Crippen molar-refractivity contribution in [1.82, 2.24) is 9.88 Å². The van der Waals surface area contributed by atoms with Crippen molar-refractivity contribution in [2.24, 2.45) is 29.6 Å². The van der Waals surface area contributed by atoms with E-state index in [1.165, 1.54) is 7.11 Å². The van der Waals surface area contributed by atoms with E-state index in [1.54, 1.807) is 27.0 Å². The first-order valence-corrected chi connectivity index (χ1v) is 22.6. The molecule has 4 aliphatic heterocycles. The number of aliphatic hydroxyl groups is 2. The van der Waals surface area contributed by atoms with Gasteiger partial charge >= 0.3 is 5.97 Å². The fourth-order valence-electron chi connectivity index (χ4n) is 10.7. The average molecular weight is 873 g/mol. The van der Waals surface area contributed by atoms with Gasteiger partial charge in [-0.15, -0.1) is 0 Å². The lowest BCUT2D eigenvalue weighted by atomic mass is 9.69. The summed E-state index contributed by atoms with van der Waals surface area (Å²) in [4.78, 5) is 36.0. The molecule has 62 heavy (non-hydrogen) atoms. The highest BCUT2D eigenvalue weighted by Crippen LogP contribution is 2.47. The number of likely N-dealkylation sites (N-methyl/N-ethyl adjacent to an activating group) is 1. The summed E-state index contributed by atoms with van der Waals surface area (Å²) in [6, 6.07) is 5.36. The summed E-state index contributed by atoms with van der Waals surface area (Å²) in [5.74, 6) is -3.73. The third kappa shape index (κ3) is 10.7. The largest absolute Gasteiger partial charge is 0.459 e. The van der Waals surface area contributed by atoms with Crippen molar-refractivity contribution in [2.45, 2.75) is 173 Å². The van der Waals surface area contributed by atoms with Crippen LogP contribution < -0.4 is 0 Å². The van der Waals surface area contributed by atoms with E-state index in [-0.39, 0.29) is 44.0 Å². The number of aromatic nitrogens is 1. The first kappa shape index (κ1) is 50.4. The van der Waals surface area contributed by atoms with Crippen LogP contribution in [0.1, 0.15) is 101 Å². The van der Waals surface area contributed by atoms with E-state index < -0.39 is 102 Å². The molecule has 0 aliphatic carbocycles. The Bertz CT molecular complexity index is 1700. The van der Waals surface area contributed by atoms with Gasteiger partial charge in [0.15, 0.2) is 12.6 Å². The number of pyridine rings is 1. The number of fused-ring (bicyclic) bond motifs is 1. The minimum Gasteiger partial charge on any atom is -0.459 e. The molecule has 4 fully saturated rings. The van der Waals surface area contributed by atoms with Crippen molar-refractivity contribution in [3.63, 3.8) is 0 Å². The number of hydrogen-bond donors (Lipinski definition) is 2. The second kappa shape index (κ2) is 20.7. The zero-order valence-corrected chi connectivity index (χ0v) is 39.4. The minimum absolute atomic E-state index is 0.0187. The summed E-state index contributed by atoms with van der Waals surface area (Å²) in [6.45, 7) is 23.5. The number of aliphatic hydroxyl groups excluding tert-OH is 2. The molecule has 4 aliphatic rings. The molecular weight excluding hydrogens is 797 g/mol. The number of carbonyl (C=O) groups is 2. The molecule has 18 atom stereocenters. The normalized spacial score (nSPS) is 44.0. The molecule has 0 radical (unpaired) electrons. The van der Waals surface area contributed by atoms with Gasteiger partial charge in [-0.3, -0.25) is 14.6 Å². The van der Waals surface area contributed by atoms with Crippen LogP contribution >= 0.6 is 0 Å². The minimum atomic E-state index is -1.27. The lowest BCUT2D eigenvalue weighted by molar-refractivity contribution is -0.320. The van der Waals surface area contributed by atoms with Gasteiger partial charge in [0.1, 0.15) is 29.7 Å². The van der Waals surface area contributed by atoms with E-state index >= 15 is 0 Å². The molecule has 0 bridgehead atoms. The standard InChI is InChI=1S/C48H76N2O12/c1-15-36-48(11)38(28(3)26-57-48)30(5)39(51)27(2)24-47(10,56-22-18-20-34-19-16-17-21-49-34)43(62-45-40(52)35(50(12)13)23-29(4)58-45)31(6)41(32(7)44(54)60-36)61-37-25-46(9,55-14)42(53)33(8)59-37/h16-21,27,29-33,35-38,40-43,45,52-53H,3,15,22-26H2,1-2,4-14H3/b20-18+/t27?,29-,30?,31+,32-,33+,35+,36-,37+,38+,40-,41+,42?,43-,45+,46-,47-,48-/m1/s1. The number of esters is 1. The highest BCUT2D eigenvalue weighted by atomic mass is 16.7. The van der Waals surface area contributed by atoms with Crippen molar-refractivity contribution in [1.29, 1.82) is 0 Å². The summed E-state index contributed by atoms with van der Waals surface area (Å²) in [7, 11) is 5.36. The fourth-order valence-corrected chi connectivity index (χ4v) is 10.7. The third-order valence-electron chi connectivity index (χ3n) is 14.3. The lowest BCUT2D eigenvalue weighted by Gasteiger charge is -2.50. The van der Waals surface area contributed by atoms with E-state index in [0.717, 1.165) is 11.3 Å². The van der Waals surface area contributed by atoms with Gasteiger partial charge in [-0.2, -0.15) is 0 Å². The summed E-state index contributed by atoms with van der Waals surface area (Å²) >= 11 is 0. The first-order chi connectivity index (χ1) is 29.1. The molecule has 350 valence electrons. The van der Waals surface area contributed by atoms with Gasteiger partial charge in [-0.1, -0.05) is 46.4 Å². The van der Waals surface area contributed by atoms with Gasteiger partial charge in [0, 0.05) is 49.4 Å². The molecule has 2 N–H and O–H groups in total. The number of hydrogen-bond acceptors (Lipinski definition) is 14. The Morgan fingerprint density at radius 2 is 1.69 bits per heavy atom. The van der Waals surface area contributed by atoms with E-state index in [9.17, 15) is 19.8 Å². The maximum atomic E-state index is 14.9. The zero-order chi connectivity index (χ0) is 45.9. The molecule has 1 aromatic rings. The lowest BCUT2D eigenvalue weighted by Crippen LogP contribution is -2.61. The number of rotatable bonds is 11. The van der Waals surface area contributed by atoms with Crippen molar-refractivity contribution in [2.75, 3.05) is 34.4 Å². The molecule has 5 heterocycles. The van der Waals surface area contributed by atoms with Crippen LogP contribution in [0.25, 0.3) is 6.08 Å². The van der Waals surface area contributed by atoms with E-state index in [4.69, 9.17) is 37.9 Å². The van der Waals surface area contributed by atoms with Gasteiger partial charge in [0.25, 0.3) is 0 Å². The highest BCUT2D eigenvalue weighted by Gasteiger charge is 2.57. The van der Waals surface area contributed by atoms with Crippen molar-refractivity contribution < 1.29 is 57.7 Å². The Hall–Kier alpha value is -2.63. The fraction of sp³-hybridized carbons (Fsp3) is 0.771. The van der Waals surface area contributed by atoms with Gasteiger partial charge in [-0.25, -0.2) is 0 Å². The number of carbonyl (C=O) groups excluding carboxylic acids is 2. The molecule has 14 nitrogen and oxygen atoms in total. The molecule has 0 aromatic carbocycles. The SMILES string of the molecule is C=C1CO[C@]2(C)[C@@H](CC)OC(=O)[C@H](C)[C@@H](O[C@H]3C[C@@](C)(OC)C(O)[C@H](C)O3)[C@H](C)[C@@H](O[C@@H]3O[C@H](C)C[C@H](N(C)C)[C@H]3O)[C@](C)(OC/C=C/c3ccccn3)CC(C)C(=O)C(C)[C@H]12. The summed E-state index contributed by atoms with van der Waals surface area (Å²) in [5.41, 5.74) is -1.81. The Labute approximate surface area is 370 Å². The van der Waals surface area contributed by atoms with Crippen molar-refractivity contribution in [3.05, 3.63) is 48.3 Å². The quantitative estimate of drug-likeness (QED) is 0.204. The van der Waals surface area contributed by atoms with E-state index in [2.05, 4.69) is 11.6 Å². The van der Waals surface area contributed by atoms with Crippen LogP contribution in [0.4, 0.5) is 0 Å². The Balaban J connectivity index is 1.68. The number of methoxy groups -OCH3 is 1. The number of ether oxygens (including phenoxy) is 8. The molecule has 5 rings (SSSR count). The molecule has 0 spiro atoms. The van der Waals surface area contributed by atoms with Crippen LogP contribution in [-0.4, -0.2) is 144 Å². The van der Waals surface area contributed by atoms with Crippen LogP contribution in [0, 0.1) is 29.6 Å². The molecular formula is C48H76N2O12. The molecule has 14 heteroatoms. The first-order valence-electron chi connectivity index (χ1n) is 22.6. The molecule has 0 saturated carbocycles. The van der Waals surface area contributed by atoms with Crippen LogP contribution in [0.5, 0.6) is 0 Å². The van der Waals surface area contributed by atoms with E-state index in [0.29, 0.717) is 12.8 Å². The Kier molecular flexibility index (Phi) is 16.8. The second-order valence-corrected chi connectivity index (χ2v) is 19.3. The molecule has 1 aromatic heterocycles. The summed E-state index contributed by atoms with van der Waals surface area (Å²) in [6.07, 6.45) is -0.820. The number of nitrogens with zero attached hydrogens (tertiary/aromatic N) is 2. The monoisotopic (exact) mass is 873 g/mol. The molecule has 4 saturated heterocycles. The van der Waals surface area contributed by atoms with Gasteiger partial charge in [-0.05, 0) is 98.7 Å². The van der Waals surface area contributed by atoms with Crippen LogP contribution in [0.3, 0.4) is 0 Å². The number of ketones is 1. The molecule has 3 unspecified atom stereocenters. The summed E-state index contributed by atoms with van der Waals surface area (Å²) < 4.78 is 52.6. The maximum absolute atomic E-state index is 14.9. The Morgan fingerprint density at radius 1 is 0.984 bits per heavy atom. The average Bonchev–Trinajstić information content (AvgIpc) is 3.54. The number of cyclic esters (lactones) is 1. The van der Waals surface area contributed by atoms with Crippen LogP contribution in [-0.2, 0) is 47.5 Å². The predicted molar refractivity (Wildman–Crippen MR) is 234 cm³/mol. The van der Waals surface area contributed by atoms with Crippen molar-refractivity contribution >= 4 is 17.8 Å². The number of Topliss-reactive ketones (excluding diaryl/α,β-unsaturated/α-hetero) is 1. The second-order valence-electron chi connectivity index (χ2n) is 19.3. The van der Waals surface area contributed by atoms with Crippen molar-refractivity contribution in [3.8, 4) is 0 Å². The maximum Gasteiger partial charge on any atom is 0.311 e. The predicted octanol–water partition coefficient (Wildman–Crippen LogP) is 5.77. The van der Waals surface area contributed by atoms with E-state index in [1.807, 2.05) is 97.8 Å². The topological polar surface area (TPSA) is 165 Å². The smallest absolute Gasteiger partial charge is 0.311 e.